The number of hydrogen-bond acceptors (Lipinski definition) is 3. The van der Waals surface area contributed by atoms with Crippen LogP contribution in [0.15, 0.2) is 48.5 Å². The van der Waals surface area contributed by atoms with Crippen LogP contribution in [-0.4, -0.2) is 31.6 Å². The lowest BCUT2D eigenvalue weighted by atomic mass is 10.0. The van der Waals surface area contributed by atoms with E-state index in [1.807, 2.05) is 19.1 Å². The van der Waals surface area contributed by atoms with Crippen LogP contribution in [0.2, 0.25) is 0 Å². The molecule has 0 aromatic heterocycles. The molecule has 28 heavy (non-hydrogen) atoms. The van der Waals surface area contributed by atoms with Crippen molar-refractivity contribution in [1.82, 2.24) is 5.32 Å². The fourth-order valence-corrected chi connectivity index (χ4v) is 3.73. The number of rotatable bonds is 9. The minimum atomic E-state index is -0.441. The summed E-state index contributed by atoms with van der Waals surface area (Å²) in [5.41, 5.74) is 4.06. The third-order valence-corrected chi connectivity index (χ3v) is 5.38. The number of nitrogens with zero attached hydrogens (tertiary/aromatic N) is 1. The van der Waals surface area contributed by atoms with Gasteiger partial charge in [0.25, 0.3) is 5.91 Å². The lowest BCUT2D eigenvalue weighted by Gasteiger charge is -2.31. The van der Waals surface area contributed by atoms with Gasteiger partial charge in [0.15, 0.2) is 6.10 Å². The molecule has 3 rings (SSSR count). The lowest BCUT2D eigenvalue weighted by Crippen LogP contribution is -2.39. The summed E-state index contributed by atoms with van der Waals surface area (Å²) in [4.78, 5) is 14.9. The molecule has 2 aromatic rings. The number of carbonyl (C=O) groups excluding carboxylic acids is 1. The zero-order valence-electron chi connectivity index (χ0n) is 17.1. The Hall–Kier alpha value is -2.49. The van der Waals surface area contributed by atoms with Crippen molar-refractivity contribution in [2.75, 3.05) is 24.5 Å². The van der Waals surface area contributed by atoms with Crippen LogP contribution >= 0.6 is 0 Å². The molecule has 4 heteroatoms. The first kappa shape index (κ1) is 20.2. The van der Waals surface area contributed by atoms with Crippen molar-refractivity contribution < 1.29 is 9.53 Å². The van der Waals surface area contributed by atoms with Crippen LogP contribution in [0.4, 0.5) is 5.69 Å². The summed E-state index contributed by atoms with van der Waals surface area (Å²) >= 11 is 0. The highest BCUT2D eigenvalue weighted by atomic mass is 16.5. The molecule has 0 bridgehead atoms. The zero-order chi connectivity index (χ0) is 19.8. The summed E-state index contributed by atoms with van der Waals surface area (Å²) in [5, 5.41) is 3.05. The molecule has 150 valence electrons. The minimum Gasteiger partial charge on any atom is -0.481 e. The van der Waals surface area contributed by atoms with Gasteiger partial charge in [0.05, 0.1) is 0 Å². The number of ether oxygens (including phenoxy) is 1. The first-order valence-electron chi connectivity index (χ1n) is 10.6. The molecule has 0 radical (unpaired) electrons. The molecule has 0 aliphatic carbocycles. The molecule has 0 fully saturated rings. The van der Waals surface area contributed by atoms with E-state index >= 15 is 0 Å². The number of nitrogens with one attached hydrogen (secondary N) is 1. The van der Waals surface area contributed by atoms with E-state index < -0.39 is 6.10 Å². The molecule has 1 atom stereocenters. The van der Waals surface area contributed by atoms with Crippen LogP contribution in [0.25, 0.3) is 0 Å². The molecule has 1 amide bonds. The fourth-order valence-electron chi connectivity index (χ4n) is 3.73. The highest BCUT2D eigenvalue weighted by molar-refractivity contribution is 5.81. The minimum absolute atomic E-state index is 0.0267. The van der Waals surface area contributed by atoms with Gasteiger partial charge in [-0.2, -0.15) is 0 Å². The molecule has 1 aliphatic heterocycles. The predicted molar refractivity (Wildman–Crippen MR) is 115 cm³/mol. The largest absolute Gasteiger partial charge is 0.481 e. The van der Waals surface area contributed by atoms with Gasteiger partial charge in [0, 0.05) is 25.3 Å². The van der Waals surface area contributed by atoms with Gasteiger partial charge in [0.1, 0.15) is 5.75 Å². The van der Waals surface area contributed by atoms with Crippen LogP contribution in [0, 0.1) is 0 Å². The van der Waals surface area contributed by atoms with E-state index in [1.165, 1.54) is 23.2 Å². The number of anilines is 1. The number of benzene rings is 2. The van der Waals surface area contributed by atoms with Gasteiger partial charge < -0.3 is 15.0 Å². The van der Waals surface area contributed by atoms with Crippen molar-refractivity contribution in [3.8, 4) is 5.75 Å². The van der Waals surface area contributed by atoms with Crippen LogP contribution in [-0.2, 0) is 17.6 Å². The monoisotopic (exact) mass is 380 g/mol. The third kappa shape index (κ3) is 5.28. The molecule has 2 aromatic carbocycles. The van der Waals surface area contributed by atoms with Gasteiger partial charge in [-0.05, 0) is 61.4 Å². The number of amides is 1. The quantitative estimate of drug-likeness (QED) is 0.657. The maximum Gasteiger partial charge on any atom is 0.261 e. The number of carbonyl (C=O) groups is 1. The van der Waals surface area contributed by atoms with Crippen molar-refractivity contribution in [2.24, 2.45) is 0 Å². The van der Waals surface area contributed by atoms with E-state index in [0.29, 0.717) is 13.0 Å². The zero-order valence-corrected chi connectivity index (χ0v) is 17.1. The second-order valence-corrected chi connectivity index (χ2v) is 7.38. The first-order chi connectivity index (χ1) is 13.7. The van der Waals surface area contributed by atoms with Crippen molar-refractivity contribution in [3.05, 3.63) is 59.7 Å². The highest BCUT2D eigenvalue weighted by Gasteiger charge is 2.19. The molecule has 0 spiro atoms. The number of fused-ring (bicyclic) bond motifs is 1. The van der Waals surface area contributed by atoms with Gasteiger partial charge in [-0.3, -0.25) is 4.79 Å². The van der Waals surface area contributed by atoms with E-state index in [0.717, 1.165) is 38.1 Å². The molecule has 1 N–H and O–H groups in total. The molecule has 1 aliphatic rings. The molecule has 4 nitrogen and oxygen atoms in total. The van der Waals surface area contributed by atoms with Gasteiger partial charge in [0.2, 0.25) is 0 Å². The second-order valence-electron chi connectivity index (χ2n) is 7.38. The predicted octanol–water partition coefficient (Wildman–Crippen LogP) is 4.37. The Morgan fingerprint density at radius 2 is 1.93 bits per heavy atom. The third-order valence-electron chi connectivity index (χ3n) is 5.38. The Morgan fingerprint density at radius 3 is 2.68 bits per heavy atom. The van der Waals surface area contributed by atoms with Crippen molar-refractivity contribution in [3.63, 3.8) is 0 Å². The Bertz CT molecular complexity index is 757. The van der Waals surface area contributed by atoms with E-state index in [-0.39, 0.29) is 5.91 Å². The molecule has 0 saturated heterocycles. The second kappa shape index (κ2) is 10.2. The Labute approximate surface area is 168 Å². The topological polar surface area (TPSA) is 41.6 Å². The Kier molecular flexibility index (Phi) is 7.35. The summed E-state index contributed by atoms with van der Waals surface area (Å²) in [5.74, 6) is 0.727. The summed E-state index contributed by atoms with van der Waals surface area (Å²) in [6.07, 6.45) is 4.51. The maximum absolute atomic E-state index is 12.5. The smallest absolute Gasteiger partial charge is 0.261 e. The summed E-state index contributed by atoms with van der Waals surface area (Å²) in [7, 11) is 0. The summed E-state index contributed by atoms with van der Waals surface area (Å²) in [6.45, 7) is 6.84. The Morgan fingerprint density at radius 1 is 1.14 bits per heavy atom. The SMILES string of the molecule is CCc1ccc(O[C@H](CC)C(=O)NCCCN2CCCc3ccccc32)cc1. The van der Waals surface area contributed by atoms with Crippen LogP contribution in [0.3, 0.4) is 0 Å². The van der Waals surface area contributed by atoms with Gasteiger partial charge >= 0.3 is 0 Å². The molecule has 1 heterocycles. The van der Waals surface area contributed by atoms with Crippen molar-refractivity contribution >= 4 is 11.6 Å². The maximum atomic E-state index is 12.5. The molecule has 0 unspecified atom stereocenters. The van der Waals surface area contributed by atoms with Crippen LogP contribution < -0.4 is 15.0 Å². The Balaban J connectivity index is 1.44. The van der Waals surface area contributed by atoms with Gasteiger partial charge in [-0.25, -0.2) is 0 Å². The molecular formula is C24H32N2O2. The first-order valence-corrected chi connectivity index (χ1v) is 10.6. The van der Waals surface area contributed by atoms with E-state index in [2.05, 4.69) is 53.5 Å². The molecular weight excluding hydrogens is 348 g/mol. The van der Waals surface area contributed by atoms with Gasteiger partial charge in [-0.1, -0.05) is 44.2 Å². The van der Waals surface area contributed by atoms with E-state index in [9.17, 15) is 4.79 Å². The highest BCUT2D eigenvalue weighted by Crippen LogP contribution is 2.26. The summed E-state index contributed by atoms with van der Waals surface area (Å²) < 4.78 is 5.90. The summed E-state index contributed by atoms with van der Waals surface area (Å²) in [6, 6.07) is 16.6. The molecule has 0 saturated carbocycles. The number of aryl methyl sites for hydroxylation is 2. The van der Waals surface area contributed by atoms with Crippen LogP contribution in [0.5, 0.6) is 5.75 Å². The van der Waals surface area contributed by atoms with E-state index in [4.69, 9.17) is 4.74 Å². The number of para-hydroxylation sites is 1. The fraction of sp³-hybridized carbons (Fsp3) is 0.458. The average molecular weight is 381 g/mol. The van der Waals surface area contributed by atoms with E-state index in [1.54, 1.807) is 0 Å². The van der Waals surface area contributed by atoms with Gasteiger partial charge in [-0.15, -0.1) is 0 Å². The van der Waals surface area contributed by atoms with Crippen LogP contribution in [0.1, 0.15) is 44.2 Å². The average Bonchev–Trinajstić information content (AvgIpc) is 2.75. The number of hydrogen-bond donors (Lipinski definition) is 1. The lowest BCUT2D eigenvalue weighted by molar-refractivity contribution is -0.128. The standard InChI is InChI=1S/C24H32N2O2/c1-3-19-12-14-21(15-13-19)28-23(4-2)24(27)25-16-8-18-26-17-7-10-20-9-5-6-11-22(20)26/h5-6,9,11-15,23H,3-4,7-8,10,16-18H2,1-2H3,(H,25,27)/t23-/m1/s1. The van der Waals surface area contributed by atoms with Crippen molar-refractivity contribution in [2.45, 2.75) is 52.1 Å². The van der Waals surface area contributed by atoms with Crippen molar-refractivity contribution in [1.29, 1.82) is 0 Å². The normalized spacial score (nSPS) is 14.3.